The van der Waals surface area contributed by atoms with Gasteiger partial charge >= 0.3 is 0 Å². The highest BCUT2D eigenvalue weighted by Crippen LogP contribution is 2.10. The summed E-state index contributed by atoms with van der Waals surface area (Å²) in [6.07, 6.45) is 2.79. The van der Waals surface area contributed by atoms with Gasteiger partial charge in [-0.25, -0.2) is 13.1 Å². The van der Waals surface area contributed by atoms with Crippen molar-refractivity contribution in [1.82, 2.24) is 10.0 Å². The number of rotatable bonds is 9. The van der Waals surface area contributed by atoms with Crippen LogP contribution in [-0.4, -0.2) is 33.5 Å². The Morgan fingerprint density at radius 2 is 1.80 bits per heavy atom. The molecule has 0 aromatic heterocycles. The molecule has 2 N–H and O–H groups in total. The van der Waals surface area contributed by atoms with E-state index in [4.69, 9.17) is 0 Å². The van der Waals surface area contributed by atoms with E-state index in [0.717, 1.165) is 29.8 Å². The van der Waals surface area contributed by atoms with E-state index < -0.39 is 10.0 Å². The Morgan fingerprint density at radius 1 is 1.20 bits per heavy atom. The number of nitrogens with one attached hydrogen (secondary N) is 2. The molecule has 1 aromatic rings. The quantitative estimate of drug-likeness (QED) is 0.731. The first-order valence-electron chi connectivity index (χ1n) is 6.72. The Bertz CT molecular complexity index is 486. The van der Waals surface area contributed by atoms with E-state index in [2.05, 4.69) is 10.0 Å². The maximum atomic E-state index is 12.1. The molecule has 1 unspecified atom stereocenters. The molecule has 1 atom stereocenters. The van der Waals surface area contributed by atoms with E-state index in [1.54, 1.807) is 11.8 Å². The molecule has 0 aliphatic rings. The summed E-state index contributed by atoms with van der Waals surface area (Å²) in [6, 6.07) is 7.68. The predicted molar refractivity (Wildman–Crippen MR) is 87.4 cm³/mol. The van der Waals surface area contributed by atoms with Gasteiger partial charge in [0.25, 0.3) is 0 Å². The van der Waals surface area contributed by atoms with Crippen LogP contribution in [0.5, 0.6) is 0 Å². The lowest BCUT2D eigenvalue weighted by molar-refractivity contribution is 0.557. The van der Waals surface area contributed by atoms with E-state index >= 15 is 0 Å². The number of sulfonamides is 1. The first-order valence-corrected chi connectivity index (χ1v) is 9.76. The Labute approximate surface area is 126 Å². The van der Waals surface area contributed by atoms with E-state index in [9.17, 15) is 8.42 Å². The van der Waals surface area contributed by atoms with Crippen molar-refractivity contribution in [1.29, 1.82) is 0 Å². The summed E-state index contributed by atoms with van der Waals surface area (Å²) in [5.74, 6) is 0.842. The monoisotopic (exact) mass is 316 g/mol. The Balaban J connectivity index is 2.65. The number of hydrogen-bond acceptors (Lipinski definition) is 4. The number of hydrogen-bond donors (Lipinski definition) is 2. The summed E-state index contributed by atoms with van der Waals surface area (Å²) in [7, 11) is -1.38. The molecule has 0 aliphatic heterocycles. The van der Waals surface area contributed by atoms with Crippen LogP contribution in [0.3, 0.4) is 0 Å². The van der Waals surface area contributed by atoms with Crippen LogP contribution in [0.4, 0.5) is 0 Å². The van der Waals surface area contributed by atoms with Gasteiger partial charge in [-0.3, -0.25) is 0 Å². The van der Waals surface area contributed by atoms with Gasteiger partial charge < -0.3 is 5.32 Å². The van der Waals surface area contributed by atoms with Crippen LogP contribution in [0.15, 0.2) is 24.3 Å². The first-order chi connectivity index (χ1) is 9.50. The SMILES string of the molecule is CCC(CSC)NS(=O)(=O)Cc1ccc(CNC)cc1. The normalized spacial score (nSPS) is 13.3. The maximum Gasteiger partial charge on any atom is 0.216 e. The number of thioether (sulfide) groups is 1. The van der Waals surface area contributed by atoms with E-state index in [-0.39, 0.29) is 11.8 Å². The van der Waals surface area contributed by atoms with Gasteiger partial charge in [0.2, 0.25) is 10.0 Å². The fourth-order valence-corrected chi connectivity index (χ4v) is 4.21. The first kappa shape index (κ1) is 17.5. The second-order valence-electron chi connectivity index (χ2n) is 4.78. The average molecular weight is 316 g/mol. The lowest BCUT2D eigenvalue weighted by Crippen LogP contribution is -2.36. The zero-order chi connectivity index (χ0) is 15.0. The molecule has 1 rings (SSSR count). The van der Waals surface area contributed by atoms with Crippen molar-refractivity contribution in [3.63, 3.8) is 0 Å². The van der Waals surface area contributed by atoms with Crippen molar-refractivity contribution in [3.8, 4) is 0 Å². The van der Waals surface area contributed by atoms with Gasteiger partial charge in [-0.2, -0.15) is 11.8 Å². The fraction of sp³-hybridized carbons (Fsp3) is 0.571. The second kappa shape index (κ2) is 8.67. The van der Waals surface area contributed by atoms with Crippen molar-refractivity contribution in [2.24, 2.45) is 0 Å². The van der Waals surface area contributed by atoms with Crippen LogP contribution >= 0.6 is 11.8 Å². The molecule has 0 fully saturated rings. The lowest BCUT2D eigenvalue weighted by atomic mass is 10.1. The molecule has 6 heteroatoms. The molecule has 0 bridgehead atoms. The predicted octanol–water partition coefficient (Wildman–Crippen LogP) is 1.97. The van der Waals surface area contributed by atoms with Crippen LogP contribution in [0.1, 0.15) is 24.5 Å². The molecular weight excluding hydrogens is 292 g/mol. The zero-order valence-electron chi connectivity index (χ0n) is 12.3. The second-order valence-corrected chi connectivity index (χ2v) is 7.45. The molecule has 20 heavy (non-hydrogen) atoms. The Kier molecular flexibility index (Phi) is 7.58. The van der Waals surface area contributed by atoms with Gasteiger partial charge in [0.05, 0.1) is 5.75 Å². The maximum absolute atomic E-state index is 12.1. The smallest absolute Gasteiger partial charge is 0.216 e. The van der Waals surface area contributed by atoms with Crippen LogP contribution < -0.4 is 10.0 Å². The standard InChI is InChI=1S/C14H24N2O2S2/c1-4-14(10-19-3)16-20(17,18)11-13-7-5-12(6-8-13)9-15-2/h5-8,14-16H,4,9-11H2,1-3H3. The average Bonchev–Trinajstić information content (AvgIpc) is 2.40. The van der Waals surface area contributed by atoms with Crippen LogP contribution in [0, 0.1) is 0 Å². The third kappa shape index (κ3) is 6.26. The van der Waals surface area contributed by atoms with Crippen molar-refractivity contribution in [2.45, 2.75) is 31.7 Å². The molecule has 0 heterocycles. The van der Waals surface area contributed by atoms with Gasteiger partial charge in [0.15, 0.2) is 0 Å². The van der Waals surface area contributed by atoms with Crippen molar-refractivity contribution < 1.29 is 8.42 Å². The summed E-state index contributed by atoms with van der Waals surface area (Å²) in [4.78, 5) is 0. The summed E-state index contributed by atoms with van der Waals surface area (Å²) in [5.41, 5.74) is 1.96. The summed E-state index contributed by atoms with van der Waals surface area (Å²) in [5, 5.41) is 3.07. The van der Waals surface area contributed by atoms with Gasteiger partial charge in [-0.05, 0) is 30.9 Å². The summed E-state index contributed by atoms with van der Waals surface area (Å²) >= 11 is 1.65. The highest BCUT2D eigenvalue weighted by atomic mass is 32.2. The van der Waals surface area contributed by atoms with Crippen molar-refractivity contribution in [2.75, 3.05) is 19.1 Å². The van der Waals surface area contributed by atoms with Crippen LogP contribution in [0.2, 0.25) is 0 Å². The Hall–Kier alpha value is -0.560. The largest absolute Gasteiger partial charge is 0.316 e. The molecule has 0 radical (unpaired) electrons. The topological polar surface area (TPSA) is 58.2 Å². The fourth-order valence-electron chi connectivity index (χ4n) is 1.91. The number of benzene rings is 1. The van der Waals surface area contributed by atoms with Crippen molar-refractivity contribution >= 4 is 21.8 Å². The minimum Gasteiger partial charge on any atom is -0.316 e. The van der Waals surface area contributed by atoms with E-state index in [0.29, 0.717) is 0 Å². The molecule has 0 aliphatic carbocycles. The van der Waals surface area contributed by atoms with Gasteiger partial charge in [0.1, 0.15) is 0 Å². The minimum atomic E-state index is -3.27. The summed E-state index contributed by atoms with van der Waals surface area (Å²) < 4.78 is 27.0. The minimum absolute atomic E-state index is 0.0126. The molecule has 0 saturated carbocycles. The zero-order valence-corrected chi connectivity index (χ0v) is 14.0. The third-order valence-electron chi connectivity index (χ3n) is 2.97. The molecule has 0 spiro atoms. The highest BCUT2D eigenvalue weighted by Gasteiger charge is 2.16. The van der Waals surface area contributed by atoms with E-state index in [1.807, 2.05) is 44.5 Å². The third-order valence-corrected chi connectivity index (χ3v) is 5.11. The summed E-state index contributed by atoms with van der Waals surface area (Å²) in [6.45, 7) is 2.78. The van der Waals surface area contributed by atoms with Gasteiger partial charge in [-0.15, -0.1) is 0 Å². The molecule has 1 aromatic carbocycles. The lowest BCUT2D eigenvalue weighted by Gasteiger charge is -2.16. The molecular formula is C14H24N2O2S2. The molecule has 0 saturated heterocycles. The van der Waals surface area contributed by atoms with Crippen LogP contribution in [-0.2, 0) is 22.3 Å². The van der Waals surface area contributed by atoms with E-state index in [1.165, 1.54) is 0 Å². The van der Waals surface area contributed by atoms with Gasteiger partial charge in [0, 0.05) is 18.3 Å². The molecule has 114 valence electrons. The molecule has 0 amide bonds. The van der Waals surface area contributed by atoms with Crippen molar-refractivity contribution in [3.05, 3.63) is 35.4 Å². The highest BCUT2D eigenvalue weighted by molar-refractivity contribution is 7.98. The van der Waals surface area contributed by atoms with Crippen LogP contribution in [0.25, 0.3) is 0 Å². The molecule has 4 nitrogen and oxygen atoms in total. The Morgan fingerprint density at radius 3 is 2.30 bits per heavy atom. The van der Waals surface area contributed by atoms with Gasteiger partial charge in [-0.1, -0.05) is 31.2 Å².